The van der Waals surface area contributed by atoms with E-state index in [-0.39, 0.29) is 0 Å². The van der Waals surface area contributed by atoms with Crippen LogP contribution in [0.4, 0.5) is 17.1 Å². The fraction of sp³-hybridized carbons (Fsp3) is 0. The van der Waals surface area contributed by atoms with E-state index in [1.165, 1.54) is 42.9 Å². The summed E-state index contributed by atoms with van der Waals surface area (Å²) in [5, 5.41) is 5.99. The average molecular weight is 555 g/mol. The van der Waals surface area contributed by atoms with Crippen LogP contribution < -0.4 is 4.90 Å². The summed E-state index contributed by atoms with van der Waals surface area (Å²) in [6.07, 6.45) is 0. The Morgan fingerprint density at radius 1 is 0.405 bits per heavy atom. The Balaban J connectivity index is 1.33. The molecular formula is C39H26N2S. The number of hydrogen-bond donors (Lipinski definition) is 0. The van der Waals surface area contributed by atoms with Gasteiger partial charge in [-0.15, -0.1) is 11.3 Å². The van der Waals surface area contributed by atoms with E-state index in [1.807, 2.05) is 0 Å². The predicted octanol–water partition coefficient (Wildman–Crippen LogP) is 11.4. The molecule has 3 heteroatoms. The minimum Gasteiger partial charge on any atom is -0.311 e. The summed E-state index contributed by atoms with van der Waals surface area (Å²) in [6, 6.07) is 56.1. The number of aromatic nitrogens is 1. The molecule has 0 aliphatic heterocycles. The standard InChI is InChI=1S/C39H26N2S/c1-3-13-28(14-4-1)41(29-15-5-2-6-16-29)30-25-23-27(24-26-30)37-31-17-7-9-19-33(31)38(34-20-10-8-18-32(34)37)39-40-35-21-11-12-22-36(35)42-39/h1-26H. The van der Waals surface area contributed by atoms with Crippen molar-refractivity contribution in [2.24, 2.45) is 0 Å². The van der Waals surface area contributed by atoms with Crippen molar-refractivity contribution in [3.63, 3.8) is 0 Å². The van der Waals surface area contributed by atoms with Gasteiger partial charge in [-0.1, -0.05) is 109 Å². The van der Waals surface area contributed by atoms with Gasteiger partial charge in [-0.3, -0.25) is 0 Å². The highest BCUT2D eigenvalue weighted by molar-refractivity contribution is 7.21. The molecule has 8 rings (SSSR count). The molecule has 0 saturated heterocycles. The Labute approximate surface area is 248 Å². The zero-order valence-electron chi connectivity index (χ0n) is 22.8. The molecule has 198 valence electrons. The highest BCUT2D eigenvalue weighted by Gasteiger charge is 2.19. The molecule has 0 aliphatic carbocycles. The highest BCUT2D eigenvalue weighted by Crippen LogP contribution is 2.45. The van der Waals surface area contributed by atoms with E-state index in [1.54, 1.807) is 11.3 Å². The number of fused-ring (bicyclic) bond motifs is 3. The number of nitrogens with zero attached hydrogens (tertiary/aromatic N) is 2. The van der Waals surface area contributed by atoms with Crippen LogP contribution in [0.5, 0.6) is 0 Å². The van der Waals surface area contributed by atoms with Crippen LogP contribution in [-0.4, -0.2) is 4.98 Å². The quantitative estimate of drug-likeness (QED) is 0.197. The maximum Gasteiger partial charge on any atom is 0.125 e. The number of rotatable bonds is 5. The summed E-state index contributed by atoms with van der Waals surface area (Å²) >= 11 is 1.77. The topological polar surface area (TPSA) is 16.1 Å². The molecule has 7 aromatic carbocycles. The molecule has 0 spiro atoms. The molecule has 0 saturated carbocycles. The SMILES string of the molecule is c1ccc(N(c2ccccc2)c2ccc(-c3c4ccccc4c(-c4nc5ccccc5s4)c4ccccc34)cc2)cc1. The molecule has 0 N–H and O–H groups in total. The van der Waals surface area contributed by atoms with Crippen molar-refractivity contribution in [1.82, 2.24) is 4.98 Å². The first-order valence-corrected chi connectivity index (χ1v) is 15.0. The van der Waals surface area contributed by atoms with E-state index < -0.39 is 0 Å². The molecule has 1 aromatic heterocycles. The van der Waals surface area contributed by atoms with Gasteiger partial charge in [-0.25, -0.2) is 4.98 Å². The summed E-state index contributed by atoms with van der Waals surface area (Å²) in [7, 11) is 0. The van der Waals surface area contributed by atoms with Crippen molar-refractivity contribution >= 4 is 60.2 Å². The molecule has 8 aromatic rings. The van der Waals surface area contributed by atoms with Crippen molar-refractivity contribution in [3.05, 3.63) is 158 Å². The summed E-state index contributed by atoms with van der Waals surface area (Å²) in [4.78, 5) is 7.39. The lowest BCUT2D eigenvalue weighted by Gasteiger charge is -2.25. The minimum absolute atomic E-state index is 1.05. The van der Waals surface area contributed by atoms with Crippen LogP contribution in [0, 0.1) is 0 Å². The third kappa shape index (κ3) is 4.14. The summed E-state index contributed by atoms with van der Waals surface area (Å²) in [5.41, 5.74) is 8.09. The van der Waals surface area contributed by atoms with Crippen LogP contribution >= 0.6 is 11.3 Å². The van der Waals surface area contributed by atoms with E-state index in [0.717, 1.165) is 27.6 Å². The second kappa shape index (κ2) is 10.3. The van der Waals surface area contributed by atoms with Crippen molar-refractivity contribution in [2.45, 2.75) is 0 Å². The molecule has 0 aliphatic rings. The number of para-hydroxylation sites is 3. The third-order valence-electron chi connectivity index (χ3n) is 7.88. The lowest BCUT2D eigenvalue weighted by molar-refractivity contribution is 1.28. The van der Waals surface area contributed by atoms with E-state index >= 15 is 0 Å². The van der Waals surface area contributed by atoms with Crippen LogP contribution in [0.1, 0.15) is 0 Å². The van der Waals surface area contributed by atoms with Crippen LogP contribution in [0.2, 0.25) is 0 Å². The molecule has 2 nitrogen and oxygen atoms in total. The Morgan fingerprint density at radius 3 is 1.40 bits per heavy atom. The van der Waals surface area contributed by atoms with E-state index in [0.29, 0.717) is 0 Å². The van der Waals surface area contributed by atoms with E-state index in [9.17, 15) is 0 Å². The number of anilines is 3. The monoisotopic (exact) mass is 554 g/mol. The average Bonchev–Trinajstić information content (AvgIpc) is 3.49. The first-order chi connectivity index (χ1) is 20.8. The Morgan fingerprint density at radius 2 is 0.857 bits per heavy atom. The first kappa shape index (κ1) is 24.5. The normalized spacial score (nSPS) is 11.3. The largest absolute Gasteiger partial charge is 0.311 e. The maximum atomic E-state index is 5.09. The van der Waals surface area contributed by atoms with Gasteiger partial charge in [0, 0.05) is 22.6 Å². The van der Waals surface area contributed by atoms with Crippen LogP contribution in [0.15, 0.2) is 158 Å². The van der Waals surface area contributed by atoms with Crippen LogP contribution in [0.25, 0.3) is 53.5 Å². The molecule has 0 bridgehead atoms. The number of hydrogen-bond acceptors (Lipinski definition) is 3. The summed E-state index contributed by atoms with van der Waals surface area (Å²) in [6.45, 7) is 0. The summed E-state index contributed by atoms with van der Waals surface area (Å²) in [5.74, 6) is 0. The maximum absolute atomic E-state index is 5.09. The smallest absolute Gasteiger partial charge is 0.125 e. The van der Waals surface area contributed by atoms with E-state index in [2.05, 4.69) is 163 Å². The fourth-order valence-corrected chi connectivity index (χ4v) is 7.07. The van der Waals surface area contributed by atoms with Gasteiger partial charge in [0.2, 0.25) is 0 Å². The number of thiazole rings is 1. The van der Waals surface area contributed by atoms with Gasteiger partial charge in [0.15, 0.2) is 0 Å². The van der Waals surface area contributed by atoms with Gasteiger partial charge in [-0.2, -0.15) is 0 Å². The molecule has 0 fully saturated rings. The third-order valence-corrected chi connectivity index (χ3v) is 8.94. The predicted molar refractivity (Wildman–Crippen MR) is 180 cm³/mol. The van der Waals surface area contributed by atoms with Gasteiger partial charge in [0.05, 0.1) is 10.2 Å². The second-order valence-electron chi connectivity index (χ2n) is 10.4. The second-order valence-corrected chi connectivity index (χ2v) is 11.4. The molecule has 0 atom stereocenters. The fourth-order valence-electron chi connectivity index (χ4n) is 6.03. The van der Waals surface area contributed by atoms with Crippen LogP contribution in [0.3, 0.4) is 0 Å². The Kier molecular flexibility index (Phi) is 6.02. The highest BCUT2D eigenvalue weighted by atomic mass is 32.1. The van der Waals surface area contributed by atoms with Crippen LogP contribution in [-0.2, 0) is 0 Å². The lowest BCUT2D eigenvalue weighted by Crippen LogP contribution is -2.09. The van der Waals surface area contributed by atoms with Gasteiger partial charge in [0.25, 0.3) is 0 Å². The number of benzene rings is 7. The zero-order valence-corrected chi connectivity index (χ0v) is 23.6. The molecule has 1 heterocycles. The van der Waals surface area contributed by atoms with Gasteiger partial charge >= 0.3 is 0 Å². The van der Waals surface area contributed by atoms with Crippen molar-refractivity contribution in [3.8, 4) is 21.7 Å². The molecule has 42 heavy (non-hydrogen) atoms. The van der Waals surface area contributed by atoms with Crippen molar-refractivity contribution in [1.29, 1.82) is 0 Å². The van der Waals surface area contributed by atoms with Gasteiger partial charge in [0.1, 0.15) is 5.01 Å². The lowest BCUT2D eigenvalue weighted by atomic mass is 9.88. The Bertz CT molecular complexity index is 2050. The zero-order chi connectivity index (χ0) is 27.9. The molecule has 0 unspecified atom stereocenters. The van der Waals surface area contributed by atoms with Crippen molar-refractivity contribution in [2.75, 3.05) is 4.90 Å². The van der Waals surface area contributed by atoms with Gasteiger partial charge in [-0.05, 0) is 81.2 Å². The summed E-state index contributed by atoms with van der Waals surface area (Å²) < 4.78 is 1.21. The molecule has 0 amide bonds. The van der Waals surface area contributed by atoms with Gasteiger partial charge < -0.3 is 4.90 Å². The first-order valence-electron chi connectivity index (χ1n) is 14.2. The molecule has 0 radical (unpaired) electrons. The van der Waals surface area contributed by atoms with E-state index in [4.69, 9.17) is 4.98 Å². The minimum atomic E-state index is 1.05. The molecular weight excluding hydrogens is 529 g/mol. The Hall–Kier alpha value is -5.25. The van der Waals surface area contributed by atoms with Crippen molar-refractivity contribution < 1.29 is 0 Å².